The number of unbranched alkanes of at least 4 members (excludes halogenated alkanes) is 11. The van der Waals surface area contributed by atoms with E-state index in [4.69, 9.17) is 4.74 Å². The Bertz CT molecular complexity index is 304. The average Bonchev–Trinajstić information content (AvgIpc) is 2.60. The first-order valence-corrected chi connectivity index (χ1v) is 10.9. The fourth-order valence-corrected chi connectivity index (χ4v) is 4.63. The zero-order valence-electron chi connectivity index (χ0n) is 15.9. The molecule has 0 amide bonds. The molecule has 0 saturated heterocycles. The van der Waals surface area contributed by atoms with E-state index in [-0.39, 0.29) is 6.10 Å². The van der Waals surface area contributed by atoms with Crippen LogP contribution in [0.25, 0.3) is 0 Å². The van der Waals surface area contributed by atoms with Crippen molar-refractivity contribution in [2.24, 2.45) is 11.8 Å². The number of hydrogen-bond donors (Lipinski definition) is 0. The van der Waals surface area contributed by atoms with Crippen molar-refractivity contribution in [1.82, 2.24) is 0 Å². The largest absolute Gasteiger partial charge is 0.378 e. The predicted octanol–water partition coefficient (Wildman–Crippen LogP) is 6.51. The highest BCUT2D eigenvalue weighted by molar-refractivity contribution is 4.92. The summed E-state index contributed by atoms with van der Waals surface area (Å²) >= 11 is 0. The second kappa shape index (κ2) is 12.3. The first kappa shape index (κ1) is 20.2. The van der Waals surface area contributed by atoms with Crippen LogP contribution in [0.1, 0.15) is 103 Å². The van der Waals surface area contributed by atoms with Crippen molar-refractivity contribution in [2.45, 2.75) is 115 Å². The molecule has 2 radical (unpaired) electrons. The summed E-state index contributed by atoms with van der Waals surface area (Å²) in [7, 11) is 0. The molecule has 0 aliphatic heterocycles. The van der Waals surface area contributed by atoms with Gasteiger partial charge in [-0.05, 0) is 43.9 Å². The van der Waals surface area contributed by atoms with Crippen molar-refractivity contribution >= 4 is 0 Å². The molecule has 0 aromatic carbocycles. The molecular weight excluding hydrogens is 296 g/mol. The van der Waals surface area contributed by atoms with Gasteiger partial charge in [0.05, 0.1) is 12.2 Å². The highest BCUT2D eigenvalue weighted by Gasteiger charge is 2.42. The van der Waals surface area contributed by atoms with Crippen molar-refractivity contribution < 1.29 is 9.84 Å². The van der Waals surface area contributed by atoms with Crippen LogP contribution in [-0.2, 0) is 9.84 Å². The third-order valence-electron chi connectivity index (χ3n) is 6.26. The van der Waals surface area contributed by atoms with Crippen LogP contribution in [0.15, 0.2) is 0 Å². The summed E-state index contributed by atoms with van der Waals surface area (Å²) in [6, 6.07) is 0. The molecule has 2 heteroatoms. The van der Waals surface area contributed by atoms with E-state index in [1.807, 2.05) is 0 Å². The number of rotatable bonds is 14. The number of fused-ring (bicyclic) bond motifs is 3. The third-order valence-corrected chi connectivity index (χ3v) is 6.26. The number of hydrogen-bond acceptors (Lipinski definition) is 1. The van der Waals surface area contributed by atoms with E-state index in [0.29, 0.717) is 17.9 Å². The number of ether oxygens (including phenoxy) is 1. The van der Waals surface area contributed by atoms with Gasteiger partial charge in [0.2, 0.25) is 0 Å². The van der Waals surface area contributed by atoms with E-state index in [9.17, 15) is 5.11 Å². The Labute approximate surface area is 150 Å². The summed E-state index contributed by atoms with van der Waals surface area (Å²) in [6.45, 7) is 4.81. The molecule has 24 heavy (non-hydrogen) atoms. The summed E-state index contributed by atoms with van der Waals surface area (Å²) < 4.78 is 6.11. The quantitative estimate of drug-likeness (QED) is 0.333. The highest BCUT2D eigenvalue weighted by Crippen LogP contribution is 2.43. The standard InChI is InChI=1S/C22H40O2/c1-2-3-4-5-6-7-8-9-10-11-12-13-16-24-22-18-19-14-15-20(22)17-21(19)23/h19-22H,1-18H2. The van der Waals surface area contributed by atoms with Crippen molar-refractivity contribution in [3.8, 4) is 0 Å². The van der Waals surface area contributed by atoms with Gasteiger partial charge in [-0.3, -0.25) is 0 Å². The molecule has 4 atom stereocenters. The summed E-state index contributed by atoms with van der Waals surface area (Å²) in [6.07, 6.45) is 20.6. The van der Waals surface area contributed by atoms with Gasteiger partial charge in [-0.25, -0.2) is 5.11 Å². The maximum Gasteiger partial charge on any atom is 0.0962 e. The monoisotopic (exact) mass is 336 g/mol. The minimum atomic E-state index is -0.285. The Morgan fingerprint density at radius 1 is 0.708 bits per heavy atom. The lowest BCUT2D eigenvalue weighted by Gasteiger charge is -2.44. The molecule has 0 N–H and O–H groups in total. The normalized spacial score (nSPS) is 29.2. The molecule has 3 fully saturated rings. The zero-order valence-corrected chi connectivity index (χ0v) is 15.9. The van der Waals surface area contributed by atoms with E-state index < -0.39 is 0 Å². The summed E-state index contributed by atoms with van der Waals surface area (Å²) in [5.41, 5.74) is 0. The van der Waals surface area contributed by atoms with Crippen molar-refractivity contribution in [3.63, 3.8) is 0 Å². The molecular formula is C22H40O2. The summed E-state index contributed by atoms with van der Waals surface area (Å²) in [5, 5.41) is 11.8. The minimum absolute atomic E-state index is 0.285. The van der Waals surface area contributed by atoms with Crippen molar-refractivity contribution in [2.75, 3.05) is 6.61 Å². The molecule has 4 unspecified atom stereocenters. The Hall–Kier alpha value is -0.0800. The Morgan fingerprint density at radius 2 is 1.25 bits per heavy atom. The van der Waals surface area contributed by atoms with Gasteiger partial charge in [-0.1, -0.05) is 77.6 Å². The summed E-state index contributed by atoms with van der Waals surface area (Å²) in [5.74, 6) is 0.990. The molecule has 3 saturated carbocycles. The molecule has 140 valence electrons. The molecule has 0 aromatic heterocycles. The zero-order chi connectivity index (χ0) is 17.0. The lowest BCUT2D eigenvalue weighted by molar-refractivity contribution is -0.121. The first-order chi connectivity index (χ1) is 11.8. The lowest BCUT2D eigenvalue weighted by atomic mass is 9.67. The Kier molecular flexibility index (Phi) is 10.4. The van der Waals surface area contributed by atoms with Crippen LogP contribution in [0, 0.1) is 18.8 Å². The van der Waals surface area contributed by atoms with E-state index in [2.05, 4.69) is 6.92 Å². The SMILES string of the molecule is [CH2]CCCCCCCCCCCCCOC1CC2CCC1CC2[O]. The van der Waals surface area contributed by atoms with Gasteiger partial charge in [-0.15, -0.1) is 0 Å². The van der Waals surface area contributed by atoms with E-state index in [1.54, 1.807) is 0 Å². The molecule has 0 spiro atoms. The Morgan fingerprint density at radius 3 is 1.75 bits per heavy atom. The molecule has 2 nitrogen and oxygen atoms in total. The van der Waals surface area contributed by atoms with Crippen LogP contribution in [0.3, 0.4) is 0 Å². The smallest absolute Gasteiger partial charge is 0.0962 e. The van der Waals surface area contributed by atoms with Crippen LogP contribution in [0.2, 0.25) is 0 Å². The van der Waals surface area contributed by atoms with Gasteiger partial charge < -0.3 is 4.74 Å². The topological polar surface area (TPSA) is 29.1 Å². The molecule has 3 rings (SSSR count). The van der Waals surface area contributed by atoms with Gasteiger partial charge in [0, 0.05) is 6.61 Å². The molecule has 2 bridgehead atoms. The van der Waals surface area contributed by atoms with Gasteiger partial charge in [0.15, 0.2) is 0 Å². The first-order valence-electron chi connectivity index (χ1n) is 10.9. The maximum absolute atomic E-state index is 11.8. The Balaban J connectivity index is 1.33. The lowest BCUT2D eigenvalue weighted by Crippen LogP contribution is -2.44. The van der Waals surface area contributed by atoms with Crippen LogP contribution in [-0.4, -0.2) is 18.8 Å². The second-order valence-electron chi connectivity index (χ2n) is 8.26. The fourth-order valence-electron chi connectivity index (χ4n) is 4.63. The van der Waals surface area contributed by atoms with E-state index in [1.165, 1.54) is 77.0 Å². The van der Waals surface area contributed by atoms with E-state index >= 15 is 0 Å². The molecule has 3 aliphatic carbocycles. The maximum atomic E-state index is 11.8. The fraction of sp³-hybridized carbons (Fsp3) is 0.955. The molecule has 3 aliphatic rings. The van der Waals surface area contributed by atoms with Crippen molar-refractivity contribution in [3.05, 3.63) is 6.92 Å². The van der Waals surface area contributed by atoms with Gasteiger partial charge in [-0.2, -0.15) is 0 Å². The van der Waals surface area contributed by atoms with Gasteiger partial charge >= 0.3 is 0 Å². The third kappa shape index (κ3) is 7.44. The second-order valence-corrected chi connectivity index (χ2v) is 8.26. The van der Waals surface area contributed by atoms with Crippen LogP contribution in [0.5, 0.6) is 0 Å². The van der Waals surface area contributed by atoms with Gasteiger partial charge in [0.25, 0.3) is 0 Å². The predicted molar refractivity (Wildman–Crippen MR) is 100 cm³/mol. The van der Waals surface area contributed by atoms with E-state index in [0.717, 1.165) is 32.3 Å². The molecule has 0 aromatic rings. The van der Waals surface area contributed by atoms with Crippen LogP contribution < -0.4 is 0 Å². The van der Waals surface area contributed by atoms with Gasteiger partial charge in [0.1, 0.15) is 0 Å². The minimum Gasteiger partial charge on any atom is -0.378 e. The van der Waals surface area contributed by atoms with Crippen LogP contribution in [0.4, 0.5) is 0 Å². The van der Waals surface area contributed by atoms with Crippen molar-refractivity contribution in [1.29, 1.82) is 0 Å². The molecule has 0 heterocycles. The van der Waals surface area contributed by atoms with Crippen LogP contribution >= 0.6 is 0 Å². The average molecular weight is 337 g/mol. The summed E-state index contributed by atoms with van der Waals surface area (Å²) in [4.78, 5) is 0. The highest BCUT2D eigenvalue weighted by atomic mass is 16.5.